The van der Waals surface area contributed by atoms with Gasteiger partial charge in [0.2, 0.25) is 0 Å². The molecule has 1 heterocycles. The lowest BCUT2D eigenvalue weighted by Crippen LogP contribution is -2.20. The number of rotatable bonds is 3. The highest BCUT2D eigenvalue weighted by Crippen LogP contribution is 2.30. The maximum Gasteiger partial charge on any atom is 0.343 e. The summed E-state index contributed by atoms with van der Waals surface area (Å²) in [6.07, 6.45) is 0. The van der Waals surface area contributed by atoms with E-state index >= 15 is 0 Å². The largest absolute Gasteiger partial charge is 0.462 e. The van der Waals surface area contributed by atoms with E-state index in [1.165, 1.54) is 19.9 Å². The molecule has 0 bridgehead atoms. The predicted octanol–water partition coefficient (Wildman–Crippen LogP) is 2.91. The molecule has 20 heavy (non-hydrogen) atoms. The molecule has 0 amide bonds. The number of alkyl halides is 1. The third-order valence-corrected chi connectivity index (χ3v) is 3.02. The number of fused-ring (bicyclic) bond motifs is 1. The van der Waals surface area contributed by atoms with Gasteiger partial charge in [-0.05, 0) is 38.5 Å². The van der Waals surface area contributed by atoms with Gasteiger partial charge in [0, 0.05) is 10.9 Å². The van der Waals surface area contributed by atoms with Crippen LogP contribution in [-0.4, -0.2) is 17.6 Å². The van der Waals surface area contributed by atoms with Gasteiger partial charge in [-0.1, -0.05) is 12.1 Å². The number of carbonyl (C=O) groups excluding carboxylic acids is 1. The molecule has 1 aromatic heterocycles. The lowest BCUT2D eigenvalue weighted by Gasteiger charge is -2.17. The van der Waals surface area contributed by atoms with E-state index in [1.807, 2.05) is 0 Å². The number of hydrogen-bond donors (Lipinski definition) is 1. The van der Waals surface area contributed by atoms with Crippen molar-refractivity contribution in [3.05, 3.63) is 45.7 Å². The second-order valence-electron chi connectivity index (χ2n) is 4.97. The van der Waals surface area contributed by atoms with Crippen molar-refractivity contribution in [3.63, 3.8) is 0 Å². The maximum absolute atomic E-state index is 14.2. The van der Waals surface area contributed by atoms with Crippen LogP contribution in [-0.2, 0) is 10.4 Å². The predicted molar refractivity (Wildman–Crippen MR) is 74.7 cm³/mol. The van der Waals surface area contributed by atoms with Crippen molar-refractivity contribution in [3.8, 4) is 0 Å². The lowest BCUT2D eigenvalue weighted by molar-refractivity contribution is 0.0524. The van der Waals surface area contributed by atoms with Crippen molar-refractivity contribution in [1.29, 1.82) is 0 Å². The number of halogens is 1. The number of ether oxygens (including phenoxy) is 1. The molecule has 4 nitrogen and oxygen atoms in total. The monoisotopic (exact) mass is 277 g/mol. The molecule has 0 saturated heterocycles. The van der Waals surface area contributed by atoms with Crippen LogP contribution in [0.4, 0.5) is 4.39 Å². The molecule has 1 aromatic carbocycles. The Kier molecular flexibility index (Phi) is 3.61. The van der Waals surface area contributed by atoms with Crippen LogP contribution in [0.15, 0.2) is 29.1 Å². The van der Waals surface area contributed by atoms with E-state index in [1.54, 1.807) is 25.1 Å². The van der Waals surface area contributed by atoms with Gasteiger partial charge in [-0.3, -0.25) is 4.79 Å². The van der Waals surface area contributed by atoms with Crippen LogP contribution in [0.3, 0.4) is 0 Å². The van der Waals surface area contributed by atoms with Gasteiger partial charge < -0.3 is 9.72 Å². The minimum Gasteiger partial charge on any atom is -0.462 e. The van der Waals surface area contributed by atoms with Crippen LogP contribution in [0.5, 0.6) is 0 Å². The highest BCUT2D eigenvalue weighted by molar-refractivity contribution is 5.94. The molecule has 0 radical (unpaired) electrons. The summed E-state index contributed by atoms with van der Waals surface area (Å²) in [6, 6.07) is 6.36. The highest BCUT2D eigenvalue weighted by Gasteiger charge is 2.23. The van der Waals surface area contributed by atoms with E-state index in [0.29, 0.717) is 16.5 Å². The second-order valence-corrected chi connectivity index (χ2v) is 4.97. The normalized spacial score (nSPS) is 11.6. The van der Waals surface area contributed by atoms with Gasteiger partial charge in [0.05, 0.1) is 6.61 Å². The summed E-state index contributed by atoms with van der Waals surface area (Å²) in [5.74, 6) is -0.706. The number of hydrogen-bond acceptors (Lipinski definition) is 3. The lowest BCUT2D eigenvalue weighted by atomic mass is 9.95. The van der Waals surface area contributed by atoms with Gasteiger partial charge in [-0.2, -0.15) is 0 Å². The molecule has 1 N–H and O–H groups in total. The summed E-state index contributed by atoms with van der Waals surface area (Å²) >= 11 is 0. The zero-order chi connectivity index (χ0) is 14.9. The molecule has 0 fully saturated rings. The summed E-state index contributed by atoms with van der Waals surface area (Å²) in [5.41, 5.74) is -1.33. The van der Waals surface area contributed by atoms with E-state index in [4.69, 9.17) is 4.74 Å². The van der Waals surface area contributed by atoms with E-state index in [0.717, 1.165) is 0 Å². The maximum atomic E-state index is 14.2. The summed E-state index contributed by atoms with van der Waals surface area (Å²) in [6.45, 7) is 4.68. The Balaban J connectivity index is 2.73. The van der Waals surface area contributed by atoms with Crippen LogP contribution in [0.2, 0.25) is 0 Å². The Bertz CT molecular complexity index is 713. The fourth-order valence-corrected chi connectivity index (χ4v) is 2.11. The smallest absolute Gasteiger partial charge is 0.343 e. The SMILES string of the molecule is CCOC(=O)c1cc2c(C(C)(C)F)cccc2[nH]c1=O. The molecule has 2 rings (SSSR count). The Labute approximate surface area is 115 Å². The number of aromatic nitrogens is 1. The average Bonchev–Trinajstić information content (AvgIpc) is 2.36. The fraction of sp³-hybridized carbons (Fsp3) is 0.333. The molecular formula is C15H16FNO3. The number of carbonyl (C=O) groups is 1. The van der Waals surface area contributed by atoms with Gasteiger partial charge in [-0.25, -0.2) is 9.18 Å². The van der Waals surface area contributed by atoms with Crippen molar-refractivity contribution < 1.29 is 13.9 Å². The third-order valence-electron chi connectivity index (χ3n) is 3.02. The minimum absolute atomic E-state index is 0.115. The topological polar surface area (TPSA) is 59.2 Å². The Morgan fingerprint density at radius 1 is 1.40 bits per heavy atom. The molecule has 106 valence electrons. The molecule has 0 aliphatic carbocycles. The van der Waals surface area contributed by atoms with Crippen LogP contribution >= 0.6 is 0 Å². The molecule has 0 spiro atoms. The standard InChI is InChI=1S/C15H16FNO3/c1-4-20-14(19)10-8-9-11(15(2,3)16)6-5-7-12(9)17-13(10)18/h5-8H,4H2,1-3H3,(H,17,18). The minimum atomic E-state index is -1.58. The average molecular weight is 277 g/mol. The zero-order valence-electron chi connectivity index (χ0n) is 11.6. The number of pyridine rings is 1. The van der Waals surface area contributed by atoms with Crippen LogP contribution in [0.25, 0.3) is 10.9 Å². The Morgan fingerprint density at radius 2 is 2.10 bits per heavy atom. The van der Waals surface area contributed by atoms with Gasteiger partial charge >= 0.3 is 5.97 Å². The Morgan fingerprint density at radius 3 is 2.70 bits per heavy atom. The van der Waals surface area contributed by atoms with Gasteiger partial charge in [0.15, 0.2) is 0 Å². The van der Waals surface area contributed by atoms with Crippen molar-refractivity contribution in [2.45, 2.75) is 26.4 Å². The second kappa shape index (κ2) is 5.07. The Hall–Kier alpha value is -2.17. The number of aromatic amines is 1. The van der Waals surface area contributed by atoms with Crippen LogP contribution in [0, 0.1) is 0 Å². The first-order valence-corrected chi connectivity index (χ1v) is 6.37. The number of esters is 1. The van der Waals surface area contributed by atoms with E-state index < -0.39 is 17.2 Å². The van der Waals surface area contributed by atoms with Gasteiger partial charge in [-0.15, -0.1) is 0 Å². The summed E-state index contributed by atoms with van der Waals surface area (Å²) in [5, 5.41) is 0.502. The first-order chi connectivity index (χ1) is 9.34. The van der Waals surface area contributed by atoms with Crippen molar-refractivity contribution in [1.82, 2.24) is 4.98 Å². The quantitative estimate of drug-likeness (QED) is 0.877. The number of H-pyrrole nitrogens is 1. The summed E-state index contributed by atoms with van der Waals surface area (Å²) in [7, 11) is 0. The van der Waals surface area contributed by atoms with Crippen LogP contribution in [0.1, 0.15) is 36.7 Å². The highest BCUT2D eigenvalue weighted by atomic mass is 19.1. The molecule has 0 saturated carbocycles. The van der Waals surface area contributed by atoms with Gasteiger partial charge in [0.1, 0.15) is 11.2 Å². The fourth-order valence-electron chi connectivity index (χ4n) is 2.11. The van der Waals surface area contributed by atoms with Crippen molar-refractivity contribution >= 4 is 16.9 Å². The number of benzene rings is 1. The molecule has 5 heteroatoms. The molecule has 2 aromatic rings. The zero-order valence-corrected chi connectivity index (χ0v) is 11.6. The molecular weight excluding hydrogens is 261 g/mol. The number of nitrogens with one attached hydrogen (secondary N) is 1. The van der Waals surface area contributed by atoms with Gasteiger partial charge in [0.25, 0.3) is 5.56 Å². The third kappa shape index (κ3) is 2.57. The molecule has 0 atom stereocenters. The molecule has 0 unspecified atom stereocenters. The van der Waals surface area contributed by atoms with Crippen molar-refractivity contribution in [2.75, 3.05) is 6.61 Å². The van der Waals surface area contributed by atoms with E-state index in [-0.39, 0.29) is 12.2 Å². The first-order valence-electron chi connectivity index (χ1n) is 6.37. The van der Waals surface area contributed by atoms with E-state index in [2.05, 4.69) is 4.98 Å². The first kappa shape index (κ1) is 14.2. The van der Waals surface area contributed by atoms with Crippen molar-refractivity contribution in [2.24, 2.45) is 0 Å². The van der Waals surface area contributed by atoms with Crippen LogP contribution < -0.4 is 5.56 Å². The van der Waals surface area contributed by atoms with E-state index in [9.17, 15) is 14.0 Å². The molecule has 0 aliphatic rings. The summed E-state index contributed by atoms with van der Waals surface area (Å²) in [4.78, 5) is 26.2. The molecule has 0 aliphatic heterocycles. The summed E-state index contributed by atoms with van der Waals surface area (Å²) < 4.78 is 19.1.